The Morgan fingerprint density at radius 2 is 2.30 bits per heavy atom. The van der Waals surface area contributed by atoms with E-state index in [1.807, 2.05) is 0 Å². The van der Waals surface area contributed by atoms with Crippen LogP contribution in [0.2, 0.25) is 0 Å². The lowest BCUT2D eigenvalue weighted by Gasteiger charge is -2.39. The number of piperidine rings is 1. The van der Waals surface area contributed by atoms with Crippen molar-refractivity contribution in [3.63, 3.8) is 0 Å². The number of nitrogens with two attached hydrogens (primary N) is 1. The number of likely N-dealkylation sites (tertiary alicyclic amines) is 1. The van der Waals surface area contributed by atoms with E-state index in [1.54, 1.807) is 12.1 Å². The van der Waals surface area contributed by atoms with E-state index in [0.29, 0.717) is 12.6 Å². The Balaban J connectivity index is 1.62. The molecule has 3 atom stereocenters. The Bertz CT molecular complexity index is 480. The van der Waals surface area contributed by atoms with Crippen molar-refractivity contribution in [1.82, 2.24) is 4.90 Å². The largest absolute Gasteiger partial charge is 0.488 e. The Morgan fingerprint density at radius 3 is 3.10 bits per heavy atom. The molecule has 2 heterocycles. The van der Waals surface area contributed by atoms with Crippen molar-refractivity contribution in [3.8, 4) is 5.75 Å². The molecule has 0 spiro atoms. The fraction of sp³-hybridized carbons (Fsp3) is 0.625. The number of ether oxygens (including phenoxy) is 1. The summed E-state index contributed by atoms with van der Waals surface area (Å²) in [4.78, 5) is 2.45. The molecule has 3 rings (SSSR count). The van der Waals surface area contributed by atoms with Gasteiger partial charge in [0, 0.05) is 31.1 Å². The van der Waals surface area contributed by atoms with Gasteiger partial charge in [-0.25, -0.2) is 4.39 Å². The van der Waals surface area contributed by atoms with E-state index < -0.39 is 0 Å². The third-order valence-corrected chi connectivity index (χ3v) is 4.57. The topological polar surface area (TPSA) is 38.5 Å². The van der Waals surface area contributed by atoms with E-state index in [9.17, 15) is 4.39 Å². The normalized spacial score (nSPS) is 30.1. The zero-order valence-corrected chi connectivity index (χ0v) is 12.0. The highest BCUT2D eigenvalue weighted by molar-refractivity contribution is 5.37. The molecule has 0 bridgehead atoms. The van der Waals surface area contributed by atoms with Crippen LogP contribution in [0.1, 0.15) is 25.3 Å². The lowest BCUT2D eigenvalue weighted by Crippen LogP contribution is -2.49. The Labute approximate surface area is 119 Å². The standard InChI is InChI=1S/C16H23FN2O/c1-11-4-5-19(14(6-11)9-18)10-15-8-12-7-13(17)2-3-16(12)20-15/h2-3,7,11,14-15H,4-6,8-10,18H2,1H3. The molecule has 0 aliphatic carbocycles. The third kappa shape index (κ3) is 2.81. The first-order valence-corrected chi connectivity index (χ1v) is 7.55. The monoisotopic (exact) mass is 278 g/mol. The molecule has 20 heavy (non-hydrogen) atoms. The first kappa shape index (κ1) is 13.8. The first-order chi connectivity index (χ1) is 9.65. The van der Waals surface area contributed by atoms with Gasteiger partial charge in [0.25, 0.3) is 0 Å². The Hall–Kier alpha value is -1.13. The van der Waals surface area contributed by atoms with Gasteiger partial charge >= 0.3 is 0 Å². The van der Waals surface area contributed by atoms with Gasteiger partial charge in [0.05, 0.1) is 0 Å². The van der Waals surface area contributed by atoms with Crippen molar-refractivity contribution in [3.05, 3.63) is 29.6 Å². The van der Waals surface area contributed by atoms with Gasteiger partial charge in [0.15, 0.2) is 0 Å². The van der Waals surface area contributed by atoms with Gasteiger partial charge in [-0.2, -0.15) is 0 Å². The molecule has 4 heteroatoms. The maximum atomic E-state index is 13.2. The predicted octanol–water partition coefficient (Wildman–Crippen LogP) is 2.19. The van der Waals surface area contributed by atoms with Gasteiger partial charge < -0.3 is 10.5 Å². The van der Waals surface area contributed by atoms with Crippen LogP contribution in [-0.4, -0.2) is 36.7 Å². The Morgan fingerprint density at radius 1 is 1.45 bits per heavy atom. The molecule has 0 amide bonds. The molecule has 3 unspecified atom stereocenters. The summed E-state index contributed by atoms with van der Waals surface area (Å²) in [5.41, 5.74) is 6.89. The highest BCUT2D eigenvalue weighted by Gasteiger charge is 2.30. The van der Waals surface area contributed by atoms with Gasteiger partial charge in [-0.05, 0) is 43.5 Å². The molecule has 1 aromatic carbocycles. The zero-order valence-electron chi connectivity index (χ0n) is 12.0. The molecular weight excluding hydrogens is 255 g/mol. The van der Waals surface area contributed by atoms with Gasteiger partial charge in [-0.1, -0.05) is 6.92 Å². The summed E-state index contributed by atoms with van der Waals surface area (Å²) < 4.78 is 19.2. The molecule has 0 saturated carbocycles. The maximum Gasteiger partial charge on any atom is 0.123 e. The number of fused-ring (bicyclic) bond motifs is 1. The number of nitrogens with zero attached hydrogens (tertiary/aromatic N) is 1. The first-order valence-electron chi connectivity index (χ1n) is 7.55. The lowest BCUT2D eigenvalue weighted by atomic mass is 9.92. The molecule has 0 radical (unpaired) electrons. The number of hydrogen-bond donors (Lipinski definition) is 1. The molecule has 1 saturated heterocycles. The average molecular weight is 278 g/mol. The van der Waals surface area contributed by atoms with Crippen LogP contribution >= 0.6 is 0 Å². The highest BCUT2D eigenvalue weighted by atomic mass is 19.1. The summed E-state index contributed by atoms with van der Waals surface area (Å²) in [5.74, 6) is 1.42. The minimum Gasteiger partial charge on any atom is -0.488 e. The quantitative estimate of drug-likeness (QED) is 0.921. The number of rotatable bonds is 3. The molecule has 1 fully saturated rings. The second-order valence-corrected chi connectivity index (χ2v) is 6.21. The molecule has 0 aromatic heterocycles. The van der Waals surface area contributed by atoms with E-state index in [1.165, 1.54) is 18.9 Å². The van der Waals surface area contributed by atoms with E-state index in [-0.39, 0.29) is 11.9 Å². The number of hydrogen-bond acceptors (Lipinski definition) is 3. The van der Waals surface area contributed by atoms with Crippen molar-refractivity contribution in [2.45, 2.75) is 38.3 Å². The molecule has 2 aliphatic heterocycles. The van der Waals surface area contributed by atoms with Crippen molar-refractivity contribution in [2.75, 3.05) is 19.6 Å². The van der Waals surface area contributed by atoms with Crippen molar-refractivity contribution >= 4 is 0 Å². The van der Waals surface area contributed by atoms with Gasteiger partial charge in [0.2, 0.25) is 0 Å². The fourth-order valence-corrected chi connectivity index (χ4v) is 3.44. The van der Waals surface area contributed by atoms with E-state index >= 15 is 0 Å². The van der Waals surface area contributed by atoms with Crippen molar-refractivity contribution in [2.24, 2.45) is 11.7 Å². The minimum atomic E-state index is -0.181. The SMILES string of the molecule is CC1CCN(CC2Cc3cc(F)ccc3O2)C(CN)C1. The maximum absolute atomic E-state index is 13.2. The third-order valence-electron chi connectivity index (χ3n) is 4.57. The summed E-state index contributed by atoms with van der Waals surface area (Å²) in [7, 11) is 0. The molecule has 2 N–H and O–H groups in total. The predicted molar refractivity (Wildman–Crippen MR) is 77.3 cm³/mol. The van der Waals surface area contributed by atoms with Crippen molar-refractivity contribution in [1.29, 1.82) is 0 Å². The number of benzene rings is 1. The Kier molecular flexibility index (Phi) is 3.94. The highest BCUT2D eigenvalue weighted by Crippen LogP contribution is 2.31. The zero-order chi connectivity index (χ0) is 14.1. The second-order valence-electron chi connectivity index (χ2n) is 6.21. The molecule has 3 nitrogen and oxygen atoms in total. The molecule has 110 valence electrons. The van der Waals surface area contributed by atoms with Crippen molar-refractivity contribution < 1.29 is 9.13 Å². The van der Waals surface area contributed by atoms with Crippen LogP contribution in [0, 0.1) is 11.7 Å². The van der Waals surface area contributed by atoms with Crippen LogP contribution < -0.4 is 10.5 Å². The molecule has 2 aliphatic rings. The van der Waals surface area contributed by atoms with Crippen LogP contribution in [0.5, 0.6) is 5.75 Å². The van der Waals surface area contributed by atoms with Crippen LogP contribution in [0.3, 0.4) is 0 Å². The molecule has 1 aromatic rings. The van der Waals surface area contributed by atoms with Crippen LogP contribution in [0.25, 0.3) is 0 Å². The smallest absolute Gasteiger partial charge is 0.123 e. The number of halogens is 1. The summed E-state index contributed by atoms with van der Waals surface area (Å²) in [6, 6.07) is 5.26. The summed E-state index contributed by atoms with van der Waals surface area (Å²) in [5, 5.41) is 0. The molecular formula is C16H23FN2O. The van der Waals surface area contributed by atoms with E-state index in [2.05, 4.69) is 11.8 Å². The van der Waals surface area contributed by atoms with Gasteiger partial charge in [-0.3, -0.25) is 4.90 Å². The van der Waals surface area contributed by atoms with E-state index in [4.69, 9.17) is 10.5 Å². The lowest BCUT2D eigenvalue weighted by molar-refractivity contribution is 0.0762. The fourth-order valence-electron chi connectivity index (χ4n) is 3.44. The van der Waals surface area contributed by atoms with E-state index in [0.717, 1.165) is 36.7 Å². The summed E-state index contributed by atoms with van der Waals surface area (Å²) in [6.45, 7) is 4.99. The summed E-state index contributed by atoms with van der Waals surface area (Å²) >= 11 is 0. The van der Waals surface area contributed by atoms with Gasteiger partial charge in [0.1, 0.15) is 17.7 Å². The van der Waals surface area contributed by atoms with Crippen LogP contribution in [0.15, 0.2) is 18.2 Å². The van der Waals surface area contributed by atoms with Gasteiger partial charge in [-0.15, -0.1) is 0 Å². The second kappa shape index (κ2) is 5.70. The summed E-state index contributed by atoms with van der Waals surface area (Å²) in [6.07, 6.45) is 3.33. The van der Waals surface area contributed by atoms with Crippen LogP contribution in [0.4, 0.5) is 4.39 Å². The average Bonchev–Trinajstić information content (AvgIpc) is 2.82. The minimum absolute atomic E-state index is 0.134. The van der Waals surface area contributed by atoms with Crippen LogP contribution in [-0.2, 0) is 6.42 Å².